The predicted octanol–water partition coefficient (Wildman–Crippen LogP) is 2.19. The first-order chi connectivity index (χ1) is 9.43. The number of nitrogens with zero attached hydrogens (tertiary/aromatic N) is 1. The zero-order valence-corrected chi connectivity index (χ0v) is 13.2. The quantitative estimate of drug-likeness (QED) is 0.924. The molecule has 0 spiro atoms. The van der Waals surface area contributed by atoms with Crippen LogP contribution < -0.4 is 5.14 Å². The van der Waals surface area contributed by atoms with E-state index in [0.29, 0.717) is 5.56 Å². The molecule has 1 atom stereocenters. The summed E-state index contributed by atoms with van der Waals surface area (Å²) in [5, 5.41) is 6.66. The molecular weight excluding hydrogens is 296 g/mol. The van der Waals surface area contributed by atoms with Crippen LogP contribution in [0.1, 0.15) is 49.4 Å². The fraction of sp³-hybridized carbons (Fsp3) is 0.615. The van der Waals surface area contributed by atoms with Crippen molar-refractivity contribution in [3.05, 3.63) is 17.0 Å². The van der Waals surface area contributed by atoms with Crippen molar-refractivity contribution in [2.75, 3.05) is 6.54 Å². The zero-order chi connectivity index (χ0) is 14.8. The van der Waals surface area contributed by atoms with Crippen LogP contribution in [0, 0.1) is 0 Å². The number of amides is 1. The molecule has 1 aliphatic heterocycles. The Balaban J connectivity index is 2.19. The van der Waals surface area contributed by atoms with Gasteiger partial charge < -0.3 is 4.90 Å². The number of primary sulfonamides is 1. The number of hydrogen-bond donors (Lipinski definition) is 1. The number of thiophene rings is 1. The van der Waals surface area contributed by atoms with E-state index in [9.17, 15) is 13.2 Å². The summed E-state index contributed by atoms with van der Waals surface area (Å²) in [6, 6.07) is 1.67. The number of carbonyl (C=O) groups is 1. The maximum absolute atomic E-state index is 12.5. The summed E-state index contributed by atoms with van der Waals surface area (Å²) < 4.78 is 22.6. The van der Waals surface area contributed by atoms with Crippen LogP contribution in [0.4, 0.5) is 0 Å². The number of piperidine rings is 1. The highest BCUT2D eigenvalue weighted by molar-refractivity contribution is 7.91. The average Bonchev–Trinajstić information content (AvgIpc) is 2.88. The van der Waals surface area contributed by atoms with E-state index in [4.69, 9.17) is 5.14 Å². The van der Waals surface area contributed by atoms with Gasteiger partial charge in [-0.3, -0.25) is 4.79 Å². The second kappa shape index (κ2) is 6.24. The Bertz CT molecular complexity index is 578. The largest absolute Gasteiger partial charge is 0.336 e. The summed E-state index contributed by atoms with van der Waals surface area (Å²) in [6.45, 7) is 2.87. The number of likely N-dealkylation sites (tertiary alicyclic amines) is 1. The SMILES string of the molecule is CCCC1CCCCN1C(=O)c1csc(S(N)(=O)=O)c1. The second-order valence-corrected chi connectivity index (χ2v) is 7.84. The number of nitrogens with two attached hydrogens (primary N) is 1. The molecule has 0 aromatic carbocycles. The van der Waals surface area contributed by atoms with Gasteiger partial charge in [-0.25, -0.2) is 13.6 Å². The standard InChI is InChI=1S/C13H20N2O3S2/c1-2-5-11-6-3-4-7-15(11)13(16)10-8-12(19-9-10)20(14,17)18/h8-9,11H,2-7H2,1H3,(H2,14,17,18). The zero-order valence-electron chi connectivity index (χ0n) is 11.5. The third-order valence-electron chi connectivity index (χ3n) is 3.61. The normalized spacial score (nSPS) is 20.1. The molecule has 1 fully saturated rings. The molecule has 7 heteroatoms. The van der Waals surface area contributed by atoms with E-state index in [1.165, 1.54) is 6.07 Å². The Morgan fingerprint density at radius 3 is 2.85 bits per heavy atom. The first-order valence-electron chi connectivity index (χ1n) is 6.85. The minimum Gasteiger partial charge on any atom is -0.336 e. The van der Waals surface area contributed by atoms with E-state index in [1.54, 1.807) is 5.38 Å². The van der Waals surface area contributed by atoms with Crippen molar-refractivity contribution < 1.29 is 13.2 Å². The summed E-state index contributed by atoms with van der Waals surface area (Å²) in [6.07, 6.45) is 5.24. The van der Waals surface area contributed by atoms with Crippen LogP contribution in [0.25, 0.3) is 0 Å². The van der Waals surface area contributed by atoms with Crippen molar-refractivity contribution >= 4 is 27.3 Å². The lowest BCUT2D eigenvalue weighted by molar-refractivity contribution is 0.0601. The van der Waals surface area contributed by atoms with Gasteiger partial charge in [-0.2, -0.15) is 0 Å². The average molecular weight is 316 g/mol. The summed E-state index contributed by atoms with van der Waals surface area (Å²) in [5.41, 5.74) is 0.432. The lowest BCUT2D eigenvalue weighted by Crippen LogP contribution is -2.43. The molecule has 0 bridgehead atoms. The number of rotatable bonds is 4. The fourth-order valence-electron chi connectivity index (χ4n) is 2.65. The van der Waals surface area contributed by atoms with Crippen LogP contribution in [-0.4, -0.2) is 31.8 Å². The fourth-order valence-corrected chi connectivity index (χ4v) is 4.22. The predicted molar refractivity (Wildman–Crippen MR) is 79.3 cm³/mol. The van der Waals surface area contributed by atoms with Gasteiger partial charge in [0.25, 0.3) is 5.91 Å². The molecule has 1 aromatic rings. The van der Waals surface area contributed by atoms with Crippen molar-refractivity contribution in [1.29, 1.82) is 0 Å². The molecule has 1 amide bonds. The highest BCUT2D eigenvalue weighted by Gasteiger charge is 2.28. The number of sulfonamides is 1. The molecule has 0 saturated carbocycles. The Morgan fingerprint density at radius 2 is 2.25 bits per heavy atom. The maximum Gasteiger partial charge on any atom is 0.254 e. The molecule has 112 valence electrons. The van der Waals surface area contributed by atoms with Crippen molar-refractivity contribution in [3.63, 3.8) is 0 Å². The molecule has 1 aliphatic rings. The molecule has 1 aromatic heterocycles. The first-order valence-corrected chi connectivity index (χ1v) is 9.28. The Hall–Kier alpha value is -0.920. The minimum absolute atomic E-state index is 0.0462. The molecule has 2 rings (SSSR count). The summed E-state index contributed by atoms with van der Waals surface area (Å²) >= 11 is 1.00. The number of carbonyl (C=O) groups excluding carboxylic acids is 1. The third-order valence-corrected chi connectivity index (χ3v) is 6.00. The monoisotopic (exact) mass is 316 g/mol. The van der Waals surface area contributed by atoms with Crippen molar-refractivity contribution in [2.24, 2.45) is 5.14 Å². The molecule has 2 heterocycles. The lowest BCUT2D eigenvalue weighted by Gasteiger charge is -2.35. The maximum atomic E-state index is 12.5. The van der Waals surface area contributed by atoms with Gasteiger partial charge in [0.1, 0.15) is 4.21 Å². The molecule has 5 nitrogen and oxygen atoms in total. The van der Waals surface area contributed by atoms with Gasteiger partial charge in [-0.15, -0.1) is 11.3 Å². The third kappa shape index (κ3) is 3.39. The van der Waals surface area contributed by atoms with E-state index in [2.05, 4.69) is 6.92 Å². The van der Waals surface area contributed by atoms with Crippen molar-refractivity contribution in [1.82, 2.24) is 4.90 Å². The molecule has 1 saturated heterocycles. The van der Waals surface area contributed by atoms with Gasteiger partial charge in [0.15, 0.2) is 0 Å². The van der Waals surface area contributed by atoms with Gasteiger partial charge in [0.05, 0.1) is 5.56 Å². The summed E-state index contributed by atoms with van der Waals surface area (Å²) in [5.74, 6) is -0.0747. The van der Waals surface area contributed by atoms with Gasteiger partial charge in [0, 0.05) is 18.0 Å². The molecule has 0 radical (unpaired) electrons. The van der Waals surface area contributed by atoms with Crippen LogP contribution in [0.2, 0.25) is 0 Å². The van der Waals surface area contributed by atoms with Gasteiger partial charge in [-0.05, 0) is 31.7 Å². The van der Waals surface area contributed by atoms with E-state index in [-0.39, 0.29) is 16.2 Å². The van der Waals surface area contributed by atoms with Crippen LogP contribution >= 0.6 is 11.3 Å². The molecule has 2 N–H and O–H groups in total. The Morgan fingerprint density at radius 1 is 1.50 bits per heavy atom. The minimum atomic E-state index is -3.72. The van der Waals surface area contributed by atoms with Gasteiger partial charge in [-0.1, -0.05) is 13.3 Å². The van der Waals surface area contributed by atoms with Crippen LogP contribution in [0.5, 0.6) is 0 Å². The second-order valence-electron chi connectivity index (χ2n) is 5.14. The van der Waals surface area contributed by atoms with E-state index >= 15 is 0 Å². The van der Waals surface area contributed by atoms with E-state index < -0.39 is 10.0 Å². The molecule has 20 heavy (non-hydrogen) atoms. The smallest absolute Gasteiger partial charge is 0.254 e. The summed E-state index contributed by atoms with van der Waals surface area (Å²) in [4.78, 5) is 14.4. The topological polar surface area (TPSA) is 80.5 Å². The lowest BCUT2D eigenvalue weighted by atomic mass is 9.97. The van der Waals surface area contributed by atoms with E-state index in [0.717, 1.165) is 50.0 Å². The van der Waals surface area contributed by atoms with Crippen LogP contribution in [0.15, 0.2) is 15.7 Å². The van der Waals surface area contributed by atoms with Gasteiger partial charge in [0.2, 0.25) is 10.0 Å². The molecule has 0 aliphatic carbocycles. The molecule has 1 unspecified atom stereocenters. The van der Waals surface area contributed by atoms with E-state index in [1.807, 2.05) is 4.90 Å². The van der Waals surface area contributed by atoms with Crippen LogP contribution in [-0.2, 0) is 10.0 Å². The first kappa shape index (κ1) is 15.5. The number of hydrogen-bond acceptors (Lipinski definition) is 4. The Labute approximate surface area is 123 Å². The van der Waals surface area contributed by atoms with Crippen molar-refractivity contribution in [2.45, 2.75) is 49.3 Å². The molecular formula is C13H20N2O3S2. The summed E-state index contributed by atoms with van der Waals surface area (Å²) in [7, 11) is -3.72. The van der Waals surface area contributed by atoms with Crippen molar-refractivity contribution in [3.8, 4) is 0 Å². The highest BCUT2D eigenvalue weighted by atomic mass is 32.2. The van der Waals surface area contributed by atoms with Gasteiger partial charge >= 0.3 is 0 Å². The Kier molecular flexibility index (Phi) is 4.82. The van der Waals surface area contributed by atoms with Crippen LogP contribution in [0.3, 0.4) is 0 Å². The highest BCUT2D eigenvalue weighted by Crippen LogP contribution is 2.25.